The van der Waals surface area contributed by atoms with Gasteiger partial charge in [0.1, 0.15) is 6.04 Å². The second-order valence-electron chi connectivity index (χ2n) is 8.07. The predicted octanol–water partition coefficient (Wildman–Crippen LogP) is 0.972. The zero-order valence-electron chi connectivity index (χ0n) is 16.6. The summed E-state index contributed by atoms with van der Waals surface area (Å²) in [5.74, 6) is -2.01. The Balaban J connectivity index is 1.31. The Morgan fingerprint density at radius 2 is 1.94 bits per heavy atom. The van der Waals surface area contributed by atoms with E-state index in [9.17, 15) is 19.2 Å². The number of anilines is 1. The van der Waals surface area contributed by atoms with Gasteiger partial charge in [-0.15, -0.1) is 11.3 Å². The van der Waals surface area contributed by atoms with Gasteiger partial charge in [0.25, 0.3) is 11.8 Å². The number of thiazole rings is 1. The lowest BCUT2D eigenvalue weighted by Crippen LogP contribution is -2.54. The number of hydrogen-bond donors (Lipinski definition) is 3. The van der Waals surface area contributed by atoms with Gasteiger partial charge in [-0.05, 0) is 43.4 Å². The molecule has 9 nitrogen and oxygen atoms in total. The molecule has 0 saturated carbocycles. The highest BCUT2D eigenvalue weighted by Crippen LogP contribution is 2.31. The molecule has 1 aromatic heterocycles. The van der Waals surface area contributed by atoms with Gasteiger partial charge in [-0.1, -0.05) is 6.07 Å². The first kappa shape index (κ1) is 19.8. The number of piperidine rings is 1. The number of hydrogen-bond acceptors (Lipinski definition) is 8. The molecule has 2 aromatic rings. The minimum Gasteiger partial charge on any atom is -0.357 e. The van der Waals surface area contributed by atoms with E-state index in [0.717, 1.165) is 40.6 Å². The largest absolute Gasteiger partial charge is 0.357 e. The van der Waals surface area contributed by atoms with Crippen LogP contribution in [0.5, 0.6) is 0 Å². The van der Waals surface area contributed by atoms with Crippen molar-refractivity contribution < 1.29 is 19.2 Å². The molecule has 4 amide bonds. The zero-order chi connectivity index (χ0) is 21.7. The third-order valence-corrected chi connectivity index (χ3v) is 7.00. The highest BCUT2D eigenvalue weighted by atomic mass is 32.1. The van der Waals surface area contributed by atoms with Crippen LogP contribution in [0.2, 0.25) is 0 Å². The van der Waals surface area contributed by atoms with Crippen molar-refractivity contribution in [2.45, 2.75) is 50.7 Å². The molecular formula is C21H21N5O4S. The van der Waals surface area contributed by atoms with Crippen molar-refractivity contribution in [1.82, 2.24) is 15.2 Å². The van der Waals surface area contributed by atoms with Gasteiger partial charge >= 0.3 is 0 Å². The van der Waals surface area contributed by atoms with Crippen molar-refractivity contribution in [3.05, 3.63) is 45.5 Å². The van der Waals surface area contributed by atoms with E-state index in [4.69, 9.17) is 5.73 Å². The second kappa shape index (κ2) is 7.54. The number of aromatic nitrogens is 1. The van der Waals surface area contributed by atoms with E-state index in [-0.39, 0.29) is 30.0 Å². The molecule has 2 atom stereocenters. The number of carbonyl (C=O) groups is 4. The Kier molecular flexibility index (Phi) is 4.82. The van der Waals surface area contributed by atoms with Crippen LogP contribution in [0.15, 0.2) is 18.2 Å². The highest BCUT2D eigenvalue weighted by molar-refractivity contribution is 7.15. The summed E-state index contributed by atoms with van der Waals surface area (Å²) in [5.41, 5.74) is 8.51. The predicted molar refractivity (Wildman–Crippen MR) is 113 cm³/mol. The lowest BCUT2D eigenvalue weighted by molar-refractivity contribution is -0.136. The van der Waals surface area contributed by atoms with Crippen LogP contribution in [-0.2, 0) is 29.0 Å². The zero-order valence-corrected chi connectivity index (χ0v) is 17.5. The van der Waals surface area contributed by atoms with Crippen molar-refractivity contribution >= 4 is 40.1 Å². The SMILES string of the molecule is N[C@H]1CCc2nc(NCc3ccc4c(c3)C(=O)N(C3CCC(=O)NC3=O)C4=O)sc2C1. The Bertz CT molecular complexity index is 1130. The molecule has 2 aliphatic heterocycles. The summed E-state index contributed by atoms with van der Waals surface area (Å²) in [7, 11) is 0. The van der Waals surface area contributed by atoms with Crippen molar-refractivity contribution in [3.63, 3.8) is 0 Å². The fraction of sp³-hybridized carbons (Fsp3) is 0.381. The van der Waals surface area contributed by atoms with E-state index in [1.165, 1.54) is 4.88 Å². The fourth-order valence-electron chi connectivity index (χ4n) is 4.28. The summed E-state index contributed by atoms with van der Waals surface area (Å²) in [6.07, 6.45) is 2.92. The first-order chi connectivity index (χ1) is 14.9. The van der Waals surface area contributed by atoms with Crippen LogP contribution in [0.1, 0.15) is 56.1 Å². The van der Waals surface area contributed by atoms with Gasteiger partial charge in [0.05, 0.1) is 16.8 Å². The molecule has 31 heavy (non-hydrogen) atoms. The van der Waals surface area contributed by atoms with Crippen LogP contribution in [-0.4, -0.2) is 45.6 Å². The summed E-state index contributed by atoms with van der Waals surface area (Å²) in [6.45, 7) is 0.450. The third kappa shape index (κ3) is 3.51. The van der Waals surface area contributed by atoms with E-state index >= 15 is 0 Å². The molecule has 1 fully saturated rings. The summed E-state index contributed by atoms with van der Waals surface area (Å²) in [5, 5.41) is 6.30. The first-order valence-corrected chi connectivity index (χ1v) is 11.0. The molecule has 1 unspecified atom stereocenters. The Hall–Kier alpha value is -3.11. The highest BCUT2D eigenvalue weighted by Gasteiger charge is 2.44. The monoisotopic (exact) mass is 439 g/mol. The lowest BCUT2D eigenvalue weighted by atomic mass is 9.99. The Morgan fingerprint density at radius 3 is 2.74 bits per heavy atom. The number of carbonyl (C=O) groups excluding carboxylic acids is 4. The summed E-state index contributed by atoms with van der Waals surface area (Å²) in [4.78, 5) is 56.1. The summed E-state index contributed by atoms with van der Waals surface area (Å²) < 4.78 is 0. The van der Waals surface area contributed by atoms with Crippen LogP contribution in [0.3, 0.4) is 0 Å². The molecule has 160 valence electrons. The van der Waals surface area contributed by atoms with Gasteiger partial charge < -0.3 is 11.1 Å². The second-order valence-corrected chi connectivity index (χ2v) is 9.16. The van der Waals surface area contributed by atoms with E-state index in [1.807, 2.05) is 0 Å². The van der Waals surface area contributed by atoms with Crippen molar-refractivity contribution in [1.29, 1.82) is 0 Å². The number of nitrogens with two attached hydrogens (primary N) is 1. The first-order valence-electron chi connectivity index (χ1n) is 10.2. The van der Waals surface area contributed by atoms with Gasteiger partial charge in [-0.2, -0.15) is 0 Å². The van der Waals surface area contributed by atoms with E-state index in [2.05, 4.69) is 15.6 Å². The molecular weight excluding hydrogens is 418 g/mol. The molecule has 0 spiro atoms. The van der Waals surface area contributed by atoms with Gasteiger partial charge in [0.2, 0.25) is 11.8 Å². The van der Waals surface area contributed by atoms with Gasteiger partial charge in [-0.3, -0.25) is 29.4 Å². The van der Waals surface area contributed by atoms with E-state index < -0.39 is 29.7 Å². The topological polar surface area (TPSA) is 134 Å². The van der Waals surface area contributed by atoms with Crippen molar-refractivity contribution in [2.24, 2.45) is 5.73 Å². The number of nitrogens with zero attached hydrogens (tertiary/aromatic N) is 2. The quantitative estimate of drug-likeness (QED) is 0.604. The van der Waals surface area contributed by atoms with E-state index in [1.54, 1.807) is 29.5 Å². The Morgan fingerprint density at radius 1 is 1.13 bits per heavy atom. The van der Waals surface area contributed by atoms with E-state index in [0.29, 0.717) is 6.54 Å². The average Bonchev–Trinajstić information content (AvgIpc) is 3.25. The molecule has 0 radical (unpaired) electrons. The average molecular weight is 439 g/mol. The third-order valence-electron chi connectivity index (χ3n) is 5.93. The van der Waals surface area contributed by atoms with Gasteiger partial charge in [-0.25, -0.2) is 4.98 Å². The minimum atomic E-state index is -0.959. The van der Waals surface area contributed by atoms with Crippen LogP contribution in [0, 0.1) is 0 Å². The standard InChI is InChI=1S/C21H21N5O4S/c22-11-2-4-14-16(8-11)31-21(24-14)23-9-10-1-3-12-13(7-10)20(30)26(19(12)29)15-5-6-17(27)25-18(15)28/h1,3,7,11,15H,2,4-6,8-9,22H2,(H,23,24)(H,25,27,28)/t11-,15?/m0/s1. The van der Waals surface area contributed by atoms with Crippen LogP contribution >= 0.6 is 11.3 Å². The number of benzene rings is 1. The van der Waals surface area contributed by atoms with Gasteiger partial charge in [0.15, 0.2) is 5.13 Å². The summed E-state index contributed by atoms with van der Waals surface area (Å²) >= 11 is 1.60. The molecule has 3 heterocycles. The number of fused-ring (bicyclic) bond motifs is 2. The lowest BCUT2D eigenvalue weighted by Gasteiger charge is -2.27. The van der Waals surface area contributed by atoms with Crippen LogP contribution in [0.25, 0.3) is 0 Å². The Labute approximate surface area is 182 Å². The van der Waals surface area contributed by atoms with Crippen molar-refractivity contribution in [2.75, 3.05) is 5.32 Å². The number of aryl methyl sites for hydroxylation is 1. The molecule has 3 aliphatic rings. The summed E-state index contributed by atoms with van der Waals surface area (Å²) in [6, 6.07) is 4.31. The number of imide groups is 2. The van der Waals surface area contributed by atoms with Crippen molar-refractivity contribution in [3.8, 4) is 0 Å². The molecule has 1 aliphatic carbocycles. The molecule has 10 heteroatoms. The molecule has 4 N–H and O–H groups in total. The number of rotatable bonds is 4. The maximum absolute atomic E-state index is 12.9. The molecule has 1 saturated heterocycles. The molecule has 1 aromatic carbocycles. The smallest absolute Gasteiger partial charge is 0.262 e. The molecule has 0 bridgehead atoms. The normalized spacial score (nSPS) is 22.9. The number of nitrogens with one attached hydrogen (secondary N) is 2. The minimum absolute atomic E-state index is 0.0989. The van der Waals surface area contributed by atoms with Crippen LogP contribution < -0.4 is 16.4 Å². The maximum Gasteiger partial charge on any atom is 0.262 e. The van der Waals surface area contributed by atoms with Crippen LogP contribution in [0.4, 0.5) is 5.13 Å². The number of amides is 4. The maximum atomic E-state index is 12.9. The van der Waals surface area contributed by atoms with Gasteiger partial charge in [0, 0.05) is 23.9 Å². The fourth-order valence-corrected chi connectivity index (χ4v) is 5.38. The molecule has 5 rings (SSSR count).